The highest BCUT2D eigenvalue weighted by molar-refractivity contribution is 5.94. The second-order valence-electron chi connectivity index (χ2n) is 7.88. The van der Waals surface area contributed by atoms with Crippen molar-refractivity contribution < 1.29 is 18.4 Å². The number of carbonyl (C=O) groups is 2. The van der Waals surface area contributed by atoms with Crippen LogP contribution in [-0.4, -0.2) is 33.9 Å². The number of halogens is 1. The second-order valence-corrected chi connectivity index (χ2v) is 7.88. The molecule has 2 heterocycles. The number of nitrogens with one attached hydrogen (secondary N) is 1. The van der Waals surface area contributed by atoms with E-state index in [0.29, 0.717) is 25.4 Å². The summed E-state index contributed by atoms with van der Waals surface area (Å²) in [6.45, 7) is 7.21. The van der Waals surface area contributed by atoms with E-state index in [9.17, 15) is 14.0 Å². The number of hydrogen-bond donors (Lipinski definition) is 1. The molecule has 170 valence electrons. The van der Waals surface area contributed by atoms with E-state index >= 15 is 0 Å². The average Bonchev–Trinajstić information content (AvgIpc) is 3.43. The van der Waals surface area contributed by atoms with Crippen LogP contribution >= 0.6 is 0 Å². The molecule has 0 saturated carbocycles. The number of benzene rings is 1. The first-order chi connectivity index (χ1) is 15.4. The van der Waals surface area contributed by atoms with Crippen molar-refractivity contribution in [2.24, 2.45) is 0 Å². The zero-order valence-electron chi connectivity index (χ0n) is 18.8. The number of furan rings is 1. The number of hydrogen-bond acceptors (Lipinski definition) is 3. The Hall–Kier alpha value is -3.35. The van der Waals surface area contributed by atoms with Crippen LogP contribution in [0.1, 0.15) is 66.0 Å². The van der Waals surface area contributed by atoms with Gasteiger partial charge in [-0.15, -0.1) is 0 Å². The number of nitrogens with zero attached hydrogens (tertiary/aromatic N) is 2. The summed E-state index contributed by atoms with van der Waals surface area (Å²) >= 11 is 0. The number of aromatic nitrogens is 1. The Balaban J connectivity index is 1.73. The third kappa shape index (κ3) is 5.66. The topological polar surface area (TPSA) is 67.5 Å². The van der Waals surface area contributed by atoms with E-state index in [4.69, 9.17) is 4.42 Å². The number of amides is 2. The predicted molar refractivity (Wildman–Crippen MR) is 121 cm³/mol. The standard InChI is InChI=1S/C25H30FN3O3/c1-4-14-29(25(31)21-10-6-7-11-22(21)26)16-19-9-8-15-28(19)17-20-12-13-23(32-20)24(30)27-18(3)5-2/h6-13,15,18H,4-5,14,16-17H2,1-3H3,(H,27,30). The van der Waals surface area contributed by atoms with Crippen LogP contribution < -0.4 is 5.32 Å². The van der Waals surface area contributed by atoms with Crippen molar-refractivity contribution in [3.05, 3.63) is 83.3 Å². The molecule has 0 fully saturated rings. The molecule has 0 aliphatic heterocycles. The van der Waals surface area contributed by atoms with Crippen molar-refractivity contribution in [3.63, 3.8) is 0 Å². The predicted octanol–water partition coefficient (Wildman–Crippen LogP) is 4.85. The molecule has 1 unspecified atom stereocenters. The minimum absolute atomic E-state index is 0.0713. The zero-order valence-corrected chi connectivity index (χ0v) is 18.8. The Morgan fingerprint density at radius 3 is 2.62 bits per heavy atom. The molecule has 32 heavy (non-hydrogen) atoms. The van der Waals surface area contributed by atoms with Crippen molar-refractivity contribution in [2.45, 2.75) is 52.7 Å². The first-order valence-corrected chi connectivity index (χ1v) is 11.0. The molecular formula is C25H30FN3O3. The van der Waals surface area contributed by atoms with Gasteiger partial charge in [0, 0.05) is 24.5 Å². The summed E-state index contributed by atoms with van der Waals surface area (Å²) in [5, 5.41) is 2.89. The lowest BCUT2D eigenvalue weighted by Crippen LogP contribution is -2.32. The quantitative estimate of drug-likeness (QED) is 0.491. The molecule has 6 nitrogen and oxygen atoms in total. The van der Waals surface area contributed by atoms with Crippen LogP contribution in [0.2, 0.25) is 0 Å². The fourth-order valence-corrected chi connectivity index (χ4v) is 3.42. The van der Waals surface area contributed by atoms with E-state index in [0.717, 1.165) is 18.5 Å². The summed E-state index contributed by atoms with van der Waals surface area (Å²) in [6.07, 6.45) is 3.49. The van der Waals surface area contributed by atoms with E-state index in [1.54, 1.807) is 29.2 Å². The fourth-order valence-electron chi connectivity index (χ4n) is 3.42. The van der Waals surface area contributed by atoms with Gasteiger partial charge in [0.2, 0.25) is 0 Å². The molecule has 1 atom stereocenters. The lowest BCUT2D eigenvalue weighted by Gasteiger charge is -2.23. The number of carbonyl (C=O) groups excluding carboxylic acids is 2. The molecule has 0 bridgehead atoms. The Labute approximate surface area is 188 Å². The van der Waals surface area contributed by atoms with E-state index in [2.05, 4.69) is 5.32 Å². The summed E-state index contributed by atoms with van der Waals surface area (Å²) in [6, 6.07) is 13.4. The third-order valence-corrected chi connectivity index (χ3v) is 5.36. The van der Waals surface area contributed by atoms with Crippen molar-refractivity contribution in [1.29, 1.82) is 0 Å². The molecule has 0 radical (unpaired) electrons. The summed E-state index contributed by atoms with van der Waals surface area (Å²) in [7, 11) is 0. The molecule has 1 aromatic carbocycles. The SMILES string of the molecule is CCCN(Cc1cccn1Cc1ccc(C(=O)NC(C)CC)o1)C(=O)c1ccccc1F. The molecule has 3 aromatic rings. The highest BCUT2D eigenvalue weighted by Gasteiger charge is 2.20. The lowest BCUT2D eigenvalue weighted by molar-refractivity contribution is 0.0734. The molecule has 2 amide bonds. The van der Waals surface area contributed by atoms with E-state index in [1.165, 1.54) is 12.1 Å². The normalized spacial score (nSPS) is 11.9. The van der Waals surface area contributed by atoms with Gasteiger partial charge in [-0.3, -0.25) is 9.59 Å². The minimum atomic E-state index is -0.521. The summed E-state index contributed by atoms with van der Waals surface area (Å²) in [5.74, 6) is -0.175. The van der Waals surface area contributed by atoms with Crippen molar-refractivity contribution in [2.75, 3.05) is 6.54 Å². The molecule has 0 spiro atoms. The molecule has 1 N–H and O–H groups in total. The van der Waals surface area contributed by atoms with Gasteiger partial charge >= 0.3 is 0 Å². The summed E-state index contributed by atoms with van der Waals surface area (Å²) in [4.78, 5) is 26.9. The molecule has 0 aliphatic rings. The van der Waals surface area contributed by atoms with Gasteiger partial charge in [0.05, 0.1) is 18.7 Å². The van der Waals surface area contributed by atoms with Crippen LogP contribution in [0.4, 0.5) is 4.39 Å². The number of rotatable bonds is 10. The summed E-state index contributed by atoms with van der Waals surface area (Å²) in [5.41, 5.74) is 0.965. The largest absolute Gasteiger partial charge is 0.454 e. The van der Waals surface area contributed by atoms with Gasteiger partial charge in [-0.2, -0.15) is 0 Å². The van der Waals surface area contributed by atoms with E-state index < -0.39 is 5.82 Å². The van der Waals surface area contributed by atoms with E-state index in [-0.39, 0.29) is 29.2 Å². The Morgan fingerprint density at radius 2 is 1.91 bits per heavy atom. The highest BCUT2D eigenvalue weighted by atomic mass is 19.1. The molecule has 3 rings (SSSR count). The maximum atomic E-state index is 14.2. The first-order valence-electron chi connectivity index (χ1n) is 11.0. The molecule has 0 aliphatic carbocycles. The Bertz CT molecular complexity index is 1060. The van der Waals surface area contributed by atoms with Gasteiger partial charge in [-0.05, 0) is 56.2 Å². The minimum Gasteiger partial charge on any atom is -0.454 e. The van der Waals surface area contributed by atoms with Crippen LogP contribution in [0.25, 0.3) is 0 Å². The highest BCUT2D eigenvalue weighted by Crippen LogP contribution is 2.17. The first kappa shape index (κ1) is 23.3. The van der Waals surface area contributed by atoms with Gasteiger partial charge in [0.1, 0.15) is 11.6 Å². The van der Waals surface area contributed by atoms with Crippen LogP contribution in [0.15, 0.2) is 59.1 Å². The molecular weight excluding hydrogens is 409 g/mol. The molecule has 0 saturated heterocycles. The van der Waals surface area contributed by atoms with Gasteiger partial charge in [0.15, 0.2) is 5.76 Å². The third-order valence-electron chi connectivity index (χ3n) is 5.36. The smallest absolute Gasteiger partial charge is 0.287 e. The summed E-state index contributed by atoms with van der Waals surface area (Å²) < 4.78 is 21.9. The van der Waals surface area contributed by atoms with Crippen molar-refractivity contribution in [1.82, 2.24) is 14.8 Å². The Kier molecular flexibility index (Phi) is 7.87. The van der Waals surface area contributed by atoms with Gasteiger partial charge in [-0.25, -0.2) is 4.39 Å². The van der Waals surface area contributed by atoms with Crippen LogP contribution in [0.5, 0.6) is 0 Å². The second kappa shape index (κ2) is 10.8. The maximum Gasteiger partial charge on any atom is 0.287 e. The van der Waals surface area contributed by atoms with Crippen molar-refractivity contribution in [3.8, 4) is 0 Å². The van der Waals surface area contributed by atoms with Gasteiger partial charge in [-0.1, -0.05) is 26.0 Å². The van der Waals surface area contributed by atoms with Crippen LogP contribution in [0.3, 0.4) is 0 Å². The van der Waals surface area contributed by atoms with Crippen LogP contribution in [0, 0.1) is 5.82 Å². The van der Waals surface area contributed by atoms with E-state index in [1.807, 2.05) is 43.7 Å². The van der Waals surface area contributed by atoms with Gasteiger partial charge in [0.25, 0.3) is 11.8 Å². The average molecular weight is 440 g/mol. The van der Waals surface area contributed by atoms with Gasteiger partial charge < -0.3 is 19.2 Å². The molecule has 2 aromatic heterocycles. The van der Waals surface area contributed by atoms with Crippen LogP contribution in [-0.2, 0) is 13.1 Å². The fraction of sp³-hybridized carbons (Fsp3) is 0.360. The Morgan fingerprint density at radius 1 is 1.12 bits per heavy atom. The monoisotopic (exact) mass is 439 g/mol. The van der Waals surface area contributed by atoms with Crippen molar-refractivity contribution >= 4 is 11.8 Å². The molecule has 7 heteroatoms. The lowest BCUT2D eigenvalue weighted by atomic mass is 10.1. The maximum absolute atomic E-state index is 14.2. The zero-order chi connectivity index (χ0) is 23.1.